The number of benzene rings is 1. The van der Waals surface area contributed by atoms with E-state index >= 15 is 0 Å². The number of carbonyl (C=O) groups excluding carboxylic acids is 1. The first-order valence-electron chi connectivity index (χ1n) is 6.88. The van der Waals surface area contributed by atoms with Gasteiger partial charge in [-0.25, -0.2) is 0 Å². The van der Waals surface area contributed by atoms with E-state index in [0.717, 1.165) is 16.9 Å². The van der Waals surface area contributed by atoms with Gasteiger partial charge in [0.25, 0.3) is 0 Å². The van der Waals surface area contributed by atoms with Crippen LogP contribution in [0.2, 0.25) is 0 Å². The molecule has 0 spiro atoms. The Bertz CT molecular complexity index is 434. The highest BCUT2D eigenvalue weighted by molar-refractivity contribution is 6.03. The molecule has 0 fully saturated rings. The van der Waals surface area contributed by atoms with Gasteiger partial charge in [-0.1, -0.05) is 13.8 Å². The number of carbonyl (C=O) groups is 1. The molecule has 0 aliphatic carbocycles. The third-order valence-electron chi connectivity index (χ3n) is 3.65. The van der Waals surface area contributed by atoms with Crippen LogP contribution in [-0.2, 0) is 4.74 Å². The fourth-order valence-electron chi connectivity index (χ4n) is 2.38. The SMILES string of the molecule is CCOC(CC)(CC)C(=O)c1ccc(OC)cc1C. The summed E-state index contributed by atoms with van der Waals surface area (Å²) in [5.41, 5.74) is 0.946. The number of ketones is 1. The maximum Gasteiger partial charge on any atom is 0.194 e. The van der Waals surface area contributed by atoms with E-state index in [-0.39, 0.29) is 5.78 Å². The van der Waals surface area contributed by atoms with Crippen LogP contribution >= 0.6 is 0 Å². The zero-order valence-corrected chi connectivity index (χ0v) is 12.6. The fraction of sp³-hybridized carbons (Fsp3) is 0.562. The number of Topliss-reactive ketones (excluding diaryl/α,β-unsaturated/α-hetero) is 1. The first-order chi connectivity index (χ1) is 9.04. The van der Waals surface area contributed by atoms with Crippen molar-refractivity contribution in [2.75, 3.05) is 13.7 Å². The largest absolute Gasteiger partial charge is 0.497 e. The van der Waals surface area contributed by atoms with Crippen molar-refractivity contribution in [1.29, 1.82) is 0 Å². The molecule has 0 N–H and O–H groups in total. The van der Waals surface area contributed by atoms with Crippen LogP contribution in [0.4, 0.5) is 0 Å². The van der Waals surface area contributed by atoms with Crippen molar-refractivity contribution in [3.63, 3.8) is 0 Å². The predicted molar refractivity (Wildman–Crippen MR) is 77.0 cm³/mol. The van der Waals surface area contributed by atoms with E-state index in [2.05, 4.69) is 0 Å². The molecule has 0 radical (unpaired) electrons. The second-order valence-corrected chi connectivity index (χ2v) is 4.64. The minimum atomic E-state index is -0.700. The van der Waals surface area contributed by atoms with E-state index in [9.17, 15) is 4.79 Å². The summed E-state index contributed by atoms with van der Waals surface area (Å²) in [6.07, 6.45) is 1.36. The molecule has 1 aromatic carbocycles. The van der Waals surface area contributed by atoms with E-state index in [4.69, 9.17) is 9.47 Å². The summed E-state index contributed by atoms with van der Waals surface area (Å²) in [5.74, 6) is 0.837. The normalized spacial score (nSPS) is 11.4. The van der Waals surface area contributed by atoms with Crippen molar-refractivity contribution in [3.05, 3.63) is 29.3 Å². The Balaban J connectivity index is 3.16. The molecule has 3 heteroatoms. The minimum Gasteiger partial charge on any atom is -0.497 e. The van der Waals surface area contributed by atoms with Gasteiger partial charge < -0.3 is 9.47 Å². The smallest absolute Gasteiger partial charge is 0.194 e. The lowest BCUT2D eigenvalue weighted by Crippen LogP contribution is -2.41. The maximum absolute atomic E-state index is 12.8. The number of methoxy groups -OCH3 is 1. The lowest BCUT2D eigenvalue weighted by atomic mass is 9.86. The number of ether oxygens (including phenoxy) is 2. The molecule has 0 heterocycles. The molecule has 1 aromatic rings. The van der Waals surface area contributed by atoms with Gasteiger partial charge in [-0.15, -0.1) is 0 Å². The highest BCUT2D eigenvalue weighted by Gasteiger charge is 2.36. The van der Waals surface area contributed by atoms with Gasteiger partial charge in [-0.2, -0.15) is 0 Å². The minimum absolute atomic E-state index is 0.0690. The highest BCUT2D eigenvalue weighted by atomic mass is 16.5. The number of hydrogen-bond acceptors (Lipinski definition) is 3. The molecule has 1 rings (SSSR count). The standard InChI is InChI=1S/C16H24O3/c1-6-16(7-2,19-8-3)15(17)14-10-9-13(18-5)11-12(14)4/h9-11H,6-8H2,1-5H3. The Morgan fingerprint density at radius 3 is 2.26 bits per heavy atom. The van der Waals surface area contributed by atoms with Gasteiger partial charge >= 0.3 is 0 Å². The van der Waals surface area contributed by atoms with Crippen LogP contribution in [0.5, 0.6) is 5.75 Å². The van der Waals surface area contributed by atoms with Gasteiger partial charge in [0.05, 0.1) is 7.11 Å². The molecule has 0 bridgehead atoms. The summed E-state index contributed by atoms with van der Waals surface area (Å²) >= 11 is 0. The molecular weight excluding hydrogens is 240 g/mol. The molecule has 0 saturated heterocycles. The summed E-state index contributed by atoms with van der Waals surface area (Å²) in [4.78, 5) is 12.8. The van der Waals surface area contributed by atoms with E-state index in [1.807, 2.05) is 45.9 Å². The van der Waals surface area contributed by atoms with Gasteiger partial charge in [-0.3, -0.25) is 4.79 Å². The van der Waals surface area contributed by atoms with Crippen LogP contribution in [0.3, 0.4) is 0 Å². The van der Waals surface area contributed by atoms with Crippen LogP contribution in [-0.4, -0.2) is 25.1 Å². The van der Waals surface area contributed by atoms with Crippen molar-refractivity contribution >= 4 is 5.78 Å². The second-order valence-electron chi connectivity index (χ2n) is 4.64. The molecule has 106 valence electrons. The maximum atomic E-state index is 12.8. The monoisotopic (exact) mass is 264 g/mol. The zero-order chi connectivity index (χ0) is 14.5. The van der Waals surface area contributed by atoms with Crippen molar-refractivity contribution < 1.29 is 14.3 Å². The van der Waals surface area contributed by atoms with Gasteiger partial charge in [-0.05, 0) is 50.5 Å². The molecule has 0 unspecified atom stereocenters. The Morgan fingerprint density at radius 2 is 1.84 bits per heavy atom. The topological polar surface area (TPSA) is 35.5 Å². The van der Waals surface area contributed by atoms with Crippen LogP contribution in [0, 0.1) is 6.92 Å². The number of hydrogen-bond donors (Lipinski definition) is 0. The van der Waals surface area contributed by atoms with Crippen molar-refractivity contribution in [2.24, 2.45) is 0 Å². The molecule has 3 nitrogen and oxygen atoms in total. The van der Waals surface area contributed by atoms with Crippen LogP contribution < -0.4 is 4.74 Å². The average molecular weight is 264 g/mol. The van der Waals surface area contributed by atoms with E-state index in [1.165, 1.54) is 0 Å². The van der Waals surface area contributed by atoms with Crippen LogP contribution in [0.25, 0.3) is 0 Å². The molecule has 0 atom stereocenters. The van der Waals surface area contributed by atoms with Gasteiger partial charge in [0.1, 0.15) is 11.4 Å². The van der Waals surface area contributed by atoms with Crippen molar-refractivity contribution in [1.82, 2.24) is 0 Å². The van der Waals surface area contributed by atoms with Crippen LogP contribution in [0.1, 0.15) is 49.5 Å². The predicted octanol–water partition coefficient (Wildman–Crippen LogP) is 3.78. The van der Waals surface area contributed by atoms with E-state index < -0.39 is 5.60 Å². The Morgan fingerprint density at radius 1 is 1.21 bits per heavy atom. The molecule has 0 aliphatic heterocycles. The Hall–Kier alpha value is -1.35. The molecule has 0 aromatic heterocycles. The quantitative estimate of drug-likeness (QED) is 0.703. The highest BCUT2D eigenvalue weighted by Crippen LogP contribution is 2.28. The summed E-state index contributed by atoms with van der Waals surface area (Å²) in [6, 6.07) is 5.53. The lowest BCUT2D eigenvalue weighted by Gasteiger charge is -2.30. The van der Waals surface area contributed by atoms with Crippen molar-refractivity contribution in [3.8, 4) is 5.75 Å². The molecule has 0 amide bonds. The van der Waals surface area contributed by atoms with E-state index in [1.54, 1.807) is 7.11 Å². The Labute approximate surface area is 115 Å². The summed E-state index contributed by atoms with van der Waals surface area (Å²) < 4.78 is 10.9. The second kappa shape index (κ2) is 6.71. The first-order valence-corrected chi connectivity index (χ1v) is 6.88. The zero-order valence-electron chi connectivity index (χ0n) is 12.6. The summed E-state index contributed by atoms with van der Waals surface area (Å²) in [5, 5.41) is 0. The summed E-state index contributed by atoms with van der Waals surface area (Å²) in [6.45, 7) is 8.39. The van der Waals surface area contributed by atoms with Gasteiger partial charge in [0.15, 0.2) is 5.78 Å². The average Bonchev–Trinajstić information content (AvgIpc) is 2.44. The number of aryl methyl sites for hydroxylation is 1. The van der Waals surface area contributed by atoms with Gasteiger partial charge in [0, 0.05) is 12.2 Å². The molecule has 0 aliphatic rings. The number of rotatable bonds is 7. The molecule has 19 heavy (non-hydrogen) atoms. The van der Waals surface area contributed by atoms with Crippen LogP contribution in [0.15, 0.2) is 18.2 Å². The van der Waals surface area contributed by atoms with E-state index in [0.29, 0.717) is 19.4 Å². The molecule has 0 saturated carbocycles. The third kappa shape index (κ3) is 3.16. The fourth-order valence-corrected chi connectivity index (χ4v) is 2.38. The Kier molecular flexibility index (Phi) is 5.55. The van der Waals surface area contributed by atoms with Gasteiger partial charge in [0.2, 0.25) is 0 Å². The summed E-state index contributed by atoms with van der Waals surface area (Å²) in [7, 11) is 1.62. The van der Waals surface area contributed by atoms with Crippen molar-refractivity contribution in [2.45, 2.75) is 46.1 Å². The molecular formula is C16H24O3. The third-order valence-corrected chi connectivity index (χ3v) is 3.65. The first kappa shape index (κ1) is 15.7. The lowest BCUT2D eigenvalue weighted by molar-refractivity contribution is -0.0250.